The van der Waals surface area contributed by atoms with Crippen molar-refractivity contribution in [3.05, 3.63) is 0 Å². The van der Waals surface area contributed by atoms with Gasteiger partial charge in [0, 0.05) is 6.61 Å². The molecule has 82 valence electrons. The zero-order chi connectivity index (χ0) is 10.9. The Morgan fingerprint density at radius 1 is 1.08 bits per heavy atom. The van der Waals surface area contributed by atoms with Crippen LogP contribution in [0.25, 0.3) is 0 Å². The van der Waals surface area contributed by atoms with E-state index in [-0.39, 0.29) is 12.2 Å². The number of ether oxygens (including phenoxy) is 1. The molecule has 1 N–H and O–H groups in total. The van der Waals surface area contributed by atoms with E-state index in [1.165, 1.54) is 0 Å². The smallest absolute Gasteiger partial charge is 0.0825 e. The molecular formula is C11H26O2. The van der Waals surface area contributed by atoms with E-state index in [1.807, 2.05) is 34.6 Å². The fourth-order valence-corrected chi connectivity index (χ4v) is 1.17. The molecule has 2 heteroatoms. The van der Waals surface area contributed by atoms with Gasteiger partial charge in [0.1, 0.15) is 0 Å². The van der Waals surface area contributed by atoms with E-state index < -0.39 is 0 Å². The first-order valence-electron chi connectivity index (χ1n) is 5.51. The summed E-state index contributed by atoms with van der Waals surface area (Å²) in [6.45, 7) is 12.8. The Hall–Kier alpha value is -0.0800. The zero-order valence-corrected chi connectivity index (χ0v) is 10.0. The van der Waals surface area contributed by atoms with Crippen LogP contribution in [0, 0.1) is 5.92 Å². The first kappa shape index (κ1) is 15.4. The van der Waals surface area contributed by atoms with E-state index in [4.69, 9.17) is 4.74 Å². The third-order valence-electron chi connectivity index (χ3n) is 2.02. The largest absolute Gasteiger partial charge is 0.390 e. The fraction of sp³-hybridized carbons (Fsp3) is 1.00. The maximum absolute atomic E-state index is 9.32. The summed E-state index contributed by atoms with van der Waals surface area (Å²) in [5, 5.41) is 9.32. The normalized spacial score (nSPS) is 32.1. The molecule has 0 radical (unpaired) electrons. The van der Waals surface area contributed by atoms with Crippen molar-refractivity contribution in [2.45, 2.75) is 60.2 Å². The Balaban J connectivity index is 0. The molecule has 3 atom stereocenters. The average molecular weight is 190 g/mol. The second-order valence-corrected chi connectivity index (χ2v) is 2.83. The standard InChI is InChI=1S/C7H14O2.2C2H6/c1-5-3-4-9-6(2)7(5)8;2*1-2/h5-8H,3-4H2,1-2H3;2*1-2H3. The zero-order valence-electron chi connectivity index (χ0n) is 10.0. The molecule has 2 nitrogen and oxygen atoms in total. The quantitative estimate of drug-likeness (QED) is 0.636. The summed E-state index contributed by atoms with van der Waals surface area (Å²) in [5.74, 6) is 0.411. The summed E-state index contributed by atoms with van der Waals surface area (Å²) in [6.07, 6.45) is 0.776. The maximum atomic E-state index is 9.32. The highest BCUT2D eigenvalue weighted by molar-refractivity contribution is 4.74. The van der Waals surface area contributed by atoms with E-state index >= 15 is 0 Å². The van der Waals surface area contributed by atoms with E-state index in [2.05, 4.69) is 6.92 Å². The van der Waals surface area contributed by atoms with Crippen molar-refractivity contribution in [1.82, 2.24) is 0 Å². The Bertz CT molecular complexity index is 84.1. The van der Waals surface area contributed by atoms with Crippen LogP contribution in [0.15, 0.2) is 0 Å². The lowest BCUT2D eigenvalue weighted by Gasteiger charge is -2.30. The van der Waals surface area contributed by atoms with Gasteiger partial charge in [-0.15, -0.1) is 0 Å². The summed E-state index contributed by atoms with van der Waals surface area (Å²) in [5.41, 5.74) is 0. The number of aliphatic hydroxyl groups excluding tert-OH is 1. The van der Waals surface area contributed by atoms with Gasteiger partial charge in [0.15, 0.2) is 0 Å². The molecule has 1 rings (SSSR count). The van der Waals surface area contributed by atoms with Gasteiger partial charge in [-0.1, -0.05) is 34.6 Å². The molecule has 3 unspecified atom stereocenters. The van der Waals surface area contributed by atoms with Crippen LogP contribution < -0.4 is 0 Å². The average Bonchev–Trinajstić information content (AvgIpc) is 2.20. The van der Waals surface area contributed by atoms with Crippen molar-refractivity contribution < 1.29 is 9.84 Å². The molecule has 0 aromatic carbocycles. The second-order valence-electron chi connectivity index (χ2n) is 2.83. The van der Waals surface area contributed by atoms with Gasteiger partial charge in [0.25, 0.3) is 0 Å². The van der Waals surface area contributed by atoms with E-state index in [0.29, 0.717) is 5.92 Å². The second kappa shape index (κ2) is 10.0. The van der Waals surface area contributed by atoms with Crippen LogP contribution in [0.1, 0.15) is 48.0 Å². The number of hydrogen-bond donors (Lipinski definition) is 1. The van der Waals surface area contributed by atoms with Gasteiger partial charge in [-0.25, -0.2) is 0 Å². The van der Waals surface area contributed by atoms with Gasteiger partial charge < -0.3 is 9.84 Å². The van der Waals surface area contributed by atoms with Crippen LogP contribution in [0.3, 0.4) is 0 Å². The predicted octanol–water partition coefficient (Wildman–Crippen LogP) is 2.84. The van der Waals surface area contributed by atoms with Crippen molar-refractivity contribution in [2.75, 3.05) is 6.61 Å². The third-order valence-corrected chi connectivity index (χ3v) is 2.02. The highest BCUT2D eigenvalue weighted by atomic mass is 16.5. The predicted molar refractivity (Wildman–Crippen MR) is 57.9 cm³/mol. The lowest BCUT2D eigenvalue weighted by molar-refractivity contribution is -0.0911. The number of aliphatic hydroxyl groups is 1. The van der Waals surface area contributed by atoms with Crippen molar-refractivity contribution in [3.8, 4) is 0 Å². The van der Waals surface area contributed by atoms with Gasteiger partial charge in [-0.05, 0) is 19.3 Å². The van der Waals surface area contributed by atoms with Crippen molar-refractivity contribution >= 4 is 0 Å². The first-order chi connectivity index (χ1) is 6.22. The minimum absolute atomic E-state index is 0.0359. The molecule has 13 heavy (non-hydrogen) atoms. The van der Waals surface area contributed by atoms with Crippen LogP contribution in [0.5, 0.6) is 0 Å². The Kier molecular flexibility index (Phi) is 11.8. The Labute approximate surface area is 83.3 Å². The molecule has 0 saturated carbocycles. The molecule has 0 bridgehead atoms. The molecule has 1 heterocycles. The SMILES string of the molecule is CC.CC.CC1CCOC(C)C1O. The molecule has 0 aliphatic carbocycles. The Morgan fingerprint density at radius 2 is 1.54 bits per heavy atom. The summed E-state index contributed by atoms with van der Waals surface area (Å²) in [4.78, 5) is 0. The van der Waals surface area contributed by atoms with Crippen molar-refractivity contribution in [2.24, 2.45) is 5.92 Å². The van der Waals surface area contributed by atoms with Gasteiger partial charge in [-0.3, -0.25) is 0 Å². The van der Waals surface area contributed by atoms with Gasteiger partial charge >= 0.3 is 0 Å². The van der Waals surface area contributed by atoms with Gasteiger partial charge in [0.05, 0.1) is 12.2 Å². The molecular weight excluding hydrogens is 164 g/mol. The molecule has 1 fully saturated rings. The molecule has 1 aliphatic heterocycles. The van der Waals surface area contributed by atoms with Crippen molar-refractivity contribution in [3.63, 3.8) is 0 Å². The van der Waals surface area contributed by atoms with Crippen LogP contribution in [0.2, 0.25) is 0 Å². The van der Waals surface area contributed by atoms with Crippen LogP contribution in [-0.4, -0.2) is 23.9 Å². The van der Waals surface area contributed by atoms with E-state index in [0.717, 1.165) is 13.0 Å². The van der Waals surface area contributed by atoms with E-state index in [9.17, 15) is 5.11 Å². The highest BCUT2D eigenvalue weighted by Gasteiger charge is 2.25. The fourth-order valence-electron chi connectivity index (χ4n) is 1.17. The summed E-state index contributed by atoms with van der Waals surface area (Å²) >= 11 is 0. The summed E-state index contributed by atoms with van der Waals surface area (Å²) in [6, 6.07) is 0. The molecule has 0 spiro atoms. The maximum Gasteiger partial charge on any atom is 0.0825 e. The molecule has 0 aromatic heterocycles. The van der Waals surface area contributed by atoms with Crippen molar-refractivity contribution in [1.29, 1.82) is 0 Å². The van der Waals surface area contributed by atoms with Crippen LogP contribution in [0.4, 0.5) is 0 Å². The third kappa shape index (κ3) is 6.05. The van der Waals surface area contributed by atoms with Crippen LogP contribution >= 0.6 is 0 Å². The van der Waals surface area contributed by atoms with Gasteiger partial charge in [-0.2, -0.15) is 0 Å². The lowest BCUT2D eigenvalue weighted by Crippen LogP contribution is -2.37. The topological polar surface area (TPSA) is 29.5 Å². The summed E-state index contributed by atoms with van der Waals surface area (Å²) in [7, 11) is 0. The van der Waals surface area contributed by atoms with Gasteiger partial charge in [0.2, 0.25) is 0 Å². The number of hydrogen-bond acceptors (Lipinski definition) is 2. The highest BCUT2D eigenvalue weighted by Crippen LogP contribution is 2.19. The molecule has 0 aromatic rings. The number of rotatable bonds is 0. The lowest BCUT2D eigenvalue weighted by atomic mass is 9.95. The monoisotopic (exact) mass is 190 g/mol. The minimum Gasteiger partial charge on any atom is -0.390 e. The van der Waals surface area contributed by atoms with E-state index in [1.54, 1.807) is 0 Å². The summed E-state index contributed by atoms with van der Waals surface area (Å²) < 4.78 is 5.21. The first-order valence-corrected chi connectivity index (χ1v) is 5.51. The molecule has 1 saturated heterocycles. The molecule has 0 amide bonds. The minimum atomic E-state index is -0.251. The molecule has 1 aliphatic rings. The Morgan fingerprint density at radius 3 is 1.85 bits per heavy atom. The van der Waals surface area contributed by atoms with Crippen LogP contribution in [-0.2, 0) is 4.74 Å².